The number of hydrogen-bond donors (Lipinski definition) is 0. The normalized spacial score (nSPS) is 9.75. The number of methoxy groups -OCH3 is 1. The minimum absolute atomic E-state index is 0.0115. The highest BCUT2D eigenvalue weighted by Crippen LogP contribution is 1.98. The second-order valence-corrected chi connectivity index (χ2v) is 2.29. The number of hydrogen-bond acceptors (Lipinski definition) is 4. The Hall–Kier alpha value is -1.29. The molecule has 1 aromatic heterocycles. The molecule has 0 saturated carbocycles. The lowest BCUT2D eigenvalue weighted by Crippen LogP contribution is -2.03. The van der Waals surface area contributed by atoms with E-state index < -0.39 is 0 Å². The molecule has 0 fully saturated rings. The van der Waals surface area contributed by atoms with Gasteiger partial charge in [0, 0.05) is 25.9 Å². The lowest BCUT2D eigenvalue weighted by molar-refractivity contribution is 0.0931. The summed E-state index contributed by atoms with van der Waals surface area (Å²) in [7, 11) is 1.56. The van der Waals surface area contributed by atoms with Gasteiger partial charge in [-0.05, 0) is 0 Å². The standard InChI is InChI=1S/C8H10N2O2/c1-12-3-2-8(11)7-4-9-6-10-5-7/h4-6H,2-3H2,1H3. The Morgan fingerprint density at radius 3 is 2.75 bits per heavy atom. The van der Waals surface area contributed by atoms with Crippen LogP contribution in [0.5, 0.6) is 0 Å². The topological polar surface area (TPSA) is 52.1 Å². The van der Waals surface area contributed by atoms with Crippen LogP contribution in [0.1, 0.15) is 16.8 Å². The van der Waals surface area contributed by atoms with Gasteiger partial charge in [0.05, 0.1) is 12.2 Å². The van der Waals surface area contributed by atoms with Crippen LogP contribution in [0.25, 0.3) is 0 Å². The van der Waals surface area contributed by atoms with E-state index in [4.69, 9.17) is 4.74 Å². The lowest BCUT2D eigenvalue weighted by Gasteiger charge is -1.97. The van der Waals surface area contributed by atoms with E-state index in [9.17, 15) is 4.79 Å². The van der Waals surface area contributed by atoms with E-state index in [1.54, 1.807) is 7.11 Å². The minimum Gasteiger partial charge on any atom is -0.384 e. The predicted molar refractivity (Wildman–Crippen MR) is 42.9 cm³/mol. The van der Waals surface area contributed by atoms with Crippen molar-refractivity contribution in [2.45, 2.75) is 6.42 Å². The fraction of sp³-hybridized carbons (Fsp3) is 0.375. The van der Waals surface area contributed by atoms with Crippen molar-refractivity contribution in [3.8, 4) is 0 Å². The van der Waals surface area contributed by atoms with Crippen LogP contribution in [-0.4, -0.2) is 29.5 Å². The summed E-state index contributed by atoms with van der Waals surface area (Å²) in [4.78, 5) is 18.7. The molecule has 64 valence electrons. The second kappa shape index (κ2) is 4.56. The fourth-order valence-corrected chi connectivity index (χ4v) is 0.782. The summed E-state index contributed by atoms with van der Waals surface area (Å²) >= 11 is 0. The molecule has 0 N–H and O–H groups in total. The van der Waals surface area contributed by atoms with Gasteiger partial charge in [-0.25, -0.2) is 9.97 Å². The molecule has 0 spiro atoms. The van der Waals surface area contributed by atoms with Gasteiger partial charge in [-0.3, -0.25) is 4.79 Å². The number of nitrogens with zero attached hydrogens (tertiary/aromatic N) is 2. The van der Waals surface area contributed by atoms with E-state index in [1.165, 1.54) is 18.7 Å². The van der Waals surface area contributed by atoms with Gasteiger partial charge in [0.15, 0.2) is 5.78 Å². The van der Waals surface area contributed by atoms with E-state index in [0.29, 0.717) is 18.6 Å². The first-order valence-electron chi connectivity index (χ1n) is 3.61. The molecular formula is C8H10N2O2. The van der Waals surface area contributed by atoms with Crippen LogP contribution in [0.3, 0.4) is 0 Å². The van der Waals surface area contributed by atoms with Crippen LogP contribution in [0.4, 0.5) is 0 Å². The van der Waals surface area contributed by atoms with Crippen LogP contribution in [-0.2, 0) is 4.74 Å². The second-order valence-electron chi connectivity index (χ2n) is 2.29. The first-order chi connectivity index (χ1) is 5.84. The maximum atomic E-state index is 11.2. The van der Waals surface area contributed by atoms with Crippen LogP contribution in [0.2, 0.25) is 0 Å². The molecule has 1 aromatic rings. The first kappa shape index (κ1) is 8.80. The Morgan fingerprint density at radius 2 is 2.17 bits per heavy atom. The summed E-state index contributed by atoms with van der Waals surface area (Å²) in [5, 5.41) is 0. The van der Waals surface area contributed by atoms with Crippen molar-refractivity contribution >= 4 is 5.78 Å². The Labute approximate surface area is 70.6 Å². The first-order valence-corrected chi connectivity index (χ1v) is 3.61. The molecule has 4 nitrogen and oxygen atoms in total. The Kier molecular flexibility index (Phi) is 3.35. The van der Waals surface area contributed by atoms with Gasteiger partial charge in [-0.15, -0.1) is 0 Å². The van der Waals surface area contributed by atoms with Crippen molar-refractivity contribution in [3.63, 3.8) is 0 Å². The molecule has 0 aliphatic carbocycles. The third-order valence-electron chi connectivity index (χ3n) is 1.42. The zero-order chi connectivity index (χ0) is 8.81. The SMILES string of the molecule is COCCC(=O)c1cncnc1. The number of carbonyl (C=O) groups excluding carboxylic acids is 1. The molecular weight excluding hydrogens is 156 g/mol. The van der Waals surface area contributed by atoms with Gasteiger partial charge in [0.1, 0.15) is 6.33 Å². The highest BCUT2D eigenvalue weighted by molar-refractivity contribution is 5.95. The van der Waals surface area contributed by atoms with E-state index in [0.717, 1.165) is 0 Å². The lowest BCUT2D eigenvalue weighted by atomic mass is 10.2. The number of ketones is 1. The van der Waals surface area contributed by atoms with E-state index in [1.807, 2.05) is 0 Å². The number of aromatic nitrogens is 2. The molecule has 0 unspecified atom stereocenters. The maximum Gasteiger partial charge on any atom is 0.168 e. The maximum absolute atomic E-state index is 11.2. The summed E-state index contributed by atoms with van der Waals surface area (Å²) in [5.74, 6) is 0.0115. The highest BCUT2D eigenvalue weighted by Gasteiger charge is 2.04. The van der Waals surface area contributed by atoms with Crippen LogP contribution >= 0.6 is 0 Å². The van der Waals surface area contributed by atoms with Crippen LogP contribution < -0.4 is 0 Å². The molecule has 4 heteroatoms. The van der Waals surface area contributed by atoms with Crippen molar-refractivity contribution in [2.24, 2.45) is 0 Å². The van der Waals surface area contributed by atoms with Crippen molar-refractivity contribution in [1.29, 1.82) is 0 Å². The molecule has 0 radical (unpaired) electrons. The number of Topliss-reactive ketones (excluding diaryl/α,β-unsaturated/α-hetero) is 1. The smallest absolute Gasteiger partial charge is 0.168 e. The average Bonchev–Trinajstić information content (AvgIpc) is 2.15. The van der Waals surface area contributed by atoms with Gasteiger partial charge >= 0.3 is 0 Å². The summed E-state index contributed by atoms with van der Waals surface area (Å²) in [6, 6.07) is 0. The summed E-state index contributed by atoms with van der Waals surface area (Å²) in [5.41, 5.74) is 0.537. The Balaban J connectivity index is 2.54. The van der Waals surface area contributed by atoms with E-state index in [-0.39, 0.29) is 5.78 Å². The largest absolute Gasteiger partial charge is 0.384 e. The number of ether oxygens (including phenoxy) is 1. The third kappa shape index (κ3) is 2.39. The Morgan fingerprint density at radius 1 is 1.50 bits per heavy atom. The molecule has 0 aliphatic rings. The van der Waals surface area contributed by atoms with Crippen molar-refractivity contribution in [2.75, 3.05) is 13.7 Å². The zero-order valence-electron chi connectivity index (χ0n) is 6.86. The van der Waals surface area contributed by atoms with Gasteiger partial charge < -0.3 is 4.74 Å². The fourth-order valence-electron chi connectivity index (χ4n) is 0.782. The highest BCUT2D eigenvalue weighted by atomic mass is 16.5. The molecule has 0 amide bonds. The van der Waals surface area contributed by atoms with Crippen molar-refractivity contribution in [1.82, 2.24) is 9.97 Å². The summed E-state index contributed by atoms with van der Waals surface area (Å²) < 4.78 is 4.77. The summed E-state index contributed by atoms with van der Waals surface area (Å²) in [6.45, 7) is 0.438. The molecule has 1 heterocycles. The van der Waals surface area contributed by atoms with Gasteiger partial charge in [-0.1, -0.05) is 0 Å². The molecule has 0 aliphatic heterocycles. The molecule has 12 heavy (non-hydrogen) atoms. The summed E-state index contributed by atoms with van der Waals surface area (Å²) in [6.07, 6.45) is 4.78. The monoisotopic (exact) mass is 166 g/mol. The van der Waals surface area contributed by atoms with Crippen LogP contribution in [0, 0.1) is 0 Å². The minimum atomic E-state index is 0.0115. The van der Waals surface area contributed by atoms with Crippen LogP contribution in [0.15, 0.2) is 18.7 Å². The number of carbonyl (C=O) groups is 1. The molecule has 0 atom stereocenters. The Bertz CT molecular complexity index is 248. The van der Waals surface area contributed by atoms with Gasteiger partial charge in [0.2, 0.25) is 0 Å². The number of rotatable bonds is 4. The molecule has 0 bridgehead atoms. The van der Waals surface area contributed by atoms with Crippen molar-refractivity contribution < 1.29 is 9.53 Å². The molecule has 1 rings (SSSR count). The average molecular weight is 166 g/mol. The van der Waals surface area contributed by atoms with E-state index in [2.05, 4.69) is 9.97 Å². The predicted octanol–water partition coefficient (Wildman–Crippen LogP) is 0.696. The quantitative estimate of drug-likeness (QED) is 0.618. The third-order valence-corrected chi connectivity index (χ3v) is 1.42. The van der Waals surface area contributed by atoms with Crippen molar-refractivity contribution in [3.05, 3.63) is 24.3 Å². The van der Waals surface area contributed by atoms with Gasteiger partial charge in [0.25, 0.3) is 0 Å². The zero-order valence-corrected chi connectivity index (χ0v) is 6.86. The van der Waals surface area contributed by atoms with E-state index >= 15 is 0 Å². The molecule has 0 saturated heterocycles. The van der Waals surface area contributed by atoms with Gasteiger partial charge in [-0.2, -0.15) is 0 Å². The molecule has 0 aromatic carbocycles.